The number of sulfone groups is 1. The Labute approximate surface area is 157 Å². The van der Waals surface area contributed by atoms with Gasteiger partial charge in [-0.15, -0.1) is 14.6 Å². The smallest absolute Gasteiger partial charge is 0.197 e. The first-order valence-electron chi connectivity index (χ1n) is 6.76. The Balaban J connectivity index is 1.98. The van der Waals surface area contributed by atoms with Gasteiger partial charge in [0.1, 0.15) is 16.1 Å². The maximum absolute atomic E-state index is 12.1. The van der Waals surface area contributed by atoms with Gasteiger partial charge in [0.2, 0.25) is 0 Å². The van der Waals surface area contributed by atoms with Gasteiger partial charge in [-0.05, 0) is 30.3 Å². The van der Waals surface area contributed by atoms with Crippen LogP contribution in [0.2, 0.25) is 0 Å². The van der Waals surface area contributed by atoms with Gasteiger partial charge in [-0.3, -0.25) is 4.18 Å². The number of thiophene rings is 1. The number of nitrogens with two attached hydrogens (primary N) is 1. The molecule has 13 heteroatoms. The molecule has 1 aromatic heterocycles. The van der Waals surface area contributed by atoms with E-state index in [0.29, 0.717) is 33.6 Å². The van der Waals surface area contributed by atoms with Crippen molar-refractivity contribution < 1.29 is 27.2 Å². The van der Waals surface area contributed by atoms with Crippen LogP contribution in [0.1, 0.15) is 5.56 Å². The van der Waals surface area contributed by atoms with Gasteiger partial charge in [0, 0.05) is 0 Å². The van der Waals surface area contributed by atoms with Crippen LogP contribution in [0.4, 0.5) is 15.7 Å². The molecular formula is C13H12N4O6S3. The van der Waals surface area contributed by atoms with Crippen LogP contribution < -0.4 is 5.73 Å². The molecule has 0 bridgehead atoms. The number of azo groups is 1. The van der Waals surface area contributed by atoms with E-state index in [1.807, 2.05) is 6.07 Å². The van der Waals surface area contributed by atoms with E-state index < -0.39 is 9.84 Å². The van der Waals surface area contributed by atoms with Gasteiger partial charge < -0.3 is 5.73 Å². The average molecular weight is 416 g/mol. The summed E-state index contributed by atoms with van der Waals surface area (Å²) in [6.07, 6.45) is 0. The van der Waals surface area contributed by atoms with Crippen molar-refractivity contribution in [1.82, 2.24) is 0 Å². The fraction of sp³-hybridized carbons (Fsp3) is 0.154. The second-order valence-corrected chi connectivity index (χ2v) is 8.20. The second-order valence-electron chi connectivity index (χ2n) is 4.52. The maximum Gasteiger partial charge on any atom is 0.197 e. The lowest BCUT2D eigenvalue weighted by molar-refractivity contribution is -0.434. The minimum Gasteiger partial charge on any atom is -0.389 e. The van der Waals surface area contributed by atoms with E-state index in [9.17, 15) is 8.42 Å². The predicted octanol–water partition coefficient (Wildman–Crippen LogP) is 3.39. The highest BCUT2D eigenvalue weighted by atomic mass is 32.2. The summed E-state index contributed by atoms with van der Waals surface area (Å²) in [5.41, 5.74) is 6.42. The van der Waals surface area contributed by atoms with Gasteiger partial charge in [0.05, 0.1) is 28.5 Å². The quantitative estimate of drug-likeness (QED) is 0.205. The summed E-state index contributed by atoms with van der Waals surface area (Å²) in [5.74, 6) is -0.291. The van der Waals surface area contributed by atoms with Crippen molar-refractivity contribution in [2.75, 3.05) is 18.1 Å². The number of nitriles is 1. The lowest BCUT2D eigenvalue weighted by Crippen LogP contribution is -2.10. The molecule has 26 heavy (non-hydrogen) atoms. The Kier molecular flexibility index (Phi) is 7.48. The second kappa shape index (κ2) is 9.59. The zero-order valence-corrected chi connectivity index (χ0v) is 15.4. The molecule has 0 unspecified atom stereocenters. The first kappa shape index (κ1) is 20.3. The Morgan fingerprint density at radius 3 is 2.65 bits per heavy atom. The van der Waals surface area contributed by atoms with Crippen LogP contribution >= 0.6 is 23.7 Å². The molecule has 0 radical (unpaired) electrons. The Hall–Kier alpha value is -2.05. The van der Waals surface area contributed by atoms with Gasteiger partial charge in [-0.2, -0.15) is 5.26 Å². The van der Waals surface area contributed by atoms with Crippen LogP contribution in [0.3, 0.4) is 0 Å². The highest BCUT2D eigenvalue weighted by Crippen LogP contribution is 2.32. The van der Waals surface area contributed by atoms with Gasteiger partial charge in [-0.1, -0.05) is 16.4 Å². The lowest BCUT2D eigenvalue weighted by Gasteiger charge is -2.04. The molecule has 0 amide bonds. The summed E-state index contributed by atoms with van der Waals surface area (Å²) >= 11 is 1.44. The van der Waals surface area contributed by atoms with Crippen LogP contribution in [-0.2, 0) is 23.4 Å². The van der Waals surface area contributed by atoms with Crippen LogP contribution in [-0.4, -0.2) is 26.0 Å². The minimum atomic E-state index is -3.56. The summed E-state index contributed by atoms with van der Waals surface area (Å²) in [5, 5.41) is 28.8. The van der Waals surface area contributed by atoms with Crippen LogP contribution in [0, 0.1) is 11.3 Å². The molecule has 3 N–H and O–H groups in total. The first-order chi connectivity index (χ1) is 12.5. The summed E-state index contributed by atoms with van der Waals surface area (Å²) in [7, 11) is -3.56. The van der Waals surface area contributed by atoms with Gasteiger partial charge in [0.15, 0.2) is 22.2 Å². The molecule has 0 aliphatic rings. The van der Waals surface area contributed by atoms with E-state index in [2.05, 4.69) is 19.6 Å². The maximum atomic E-state index is 12.1. The molecule has 1 heterocycles. The van der Waals surface area contributed by atoms with Crippen molar-refractivity contribution in [3.8, 4) is 6.07 Å². The molecule has 0 saturated carbocycles. The fourth-order valence-electron chi connectivity index (χ4n) is 1.68. The number of nitrogens with zero attached hydrogens (tertiary/aromatic N) is 3. The van der Waals surface area contributed by atoms with Crippen LogP contribution in [0.25, 0.3) is 0 Å². The number of hydrogen-bond acceptors (Lipinski definition) is 12. The monoisotopic (exact) mass is 416 g/mol. The molecular weight excluding hydrogens is 404 g/mol. The summed E-state index contributed by atoms with van der Waals surface area (Å²) < 4.78 is 32.9. The van der Waals surface area contributed by atoms with Crippen LogP contribution in [0.5, 0.6) is 0 Å². The molecule has 2 aromatic rings. The van der Waals surface area contributed by atoms with Crippen molar-refractivity contribution in [3.05, 3.63) is 35.9 Å². The molecule has 2 rings (SSSR count). The molecule has 0 saturated heterocycles. The molecule has 0 spiro atoms. The Bertz CT molecular complexity index is 905. The number of anilines is 1. The SMILES string of the molecule is N#Cc1cc(N=Nc2ccc(S(=O)(=O)CCOSOOO)cc2)sc1N. The highest BCUT2D eigenvalue weighted by molar-refractivity contribution is 7.91. The molecule has 0 atom stereocenters. The lowest BCUT2D eigenvalue weighted by atomic mass is 10.3. The highest BCUT2D eigenvalue weighted by Gasteiger charge is 2.14. The summed E-state index contributed by atoms with van der Waals surface area (Å²) in [4.78, 5) is 0.0940. The average Bonchev–Trinajstić information content (AvgIpc) is 3.00. The Morgan fingerprint density at radius 2 is 2.04 bits per heavy atom. The zero-order valence-electron chi connectivity index (χ0n) is 12.9. The van der Waals surface area contributed by atoms with Gasteiger partial charge in [-0.25, -0.2) is 13.7 Å². The summed E-state index contributed by atoms with van der Waals surface area (Å²) in [6.45, 7) is -0.168. The molecule has 10 nitrogen and oxygen atoms in total. The largest absolute Gasteiger partial charge is 0.389 e. The number of benzene rings is 1. The van der Waals surface area contributed by atoms with Crippen LogP contribution in [0.15, 0.2) is 45.5 Å². The van der Waals surface area contributed by atoms with Crippen molar-refractivity contribution >= 4 is 49.2 Å². The third-order valence-electron chi connectivity index (χ3n) is 2.87. The van der Waals surface area contributed by atoms with Crippen molar-refractivity contribution in [2.45, 2.75) is 4.90 Å². The molecule has 1 aromatic carbocycles. The predicted molar refractivity (Wildman–Crippen MR) is 94.5 cm³/mol. The number of nitrogen functional groups attached to an aromatic ring is 1. The first-order valence-corrected chi connectivity index (χ1v) is 9.90. The van der Waals surface area contributed by atoms with Gasteiger partial charge >= 0.3 is 0 Å². The minimum absolute atomic E-state index is 0.0940. The molecule has 0 aliphatic heterocycles. The van der Waals surface area contributed by atoms with E-state index in [1.165, 1.54) is 30.3 Å². The van der Waals surface area contributed by atoms with Crippen molar-refractivity contribution in [1.29, 1.82) is 5.26 Å². The van der Waals surface area contributed by atoms with E-state index >= 15 is 0 Å². The molecule has 0 fully saturated rings. The van der Waals surface area contributed by atoms with Crippen molar-refractivity contribution in [2.24, 2.45) is 10.2 Å². The van der Waals surface area contributed by atoms with E-state index in [1.54, 1.807) is 0 Å². The number of hydrogen-bond donors (Lipinski definition) is 2. The van der Waals surface area contributed by atoms with E-state index in [0.717, 1.165) is 11.3 Å². The molecule has 0 aliphatic carbocycles. The van der Waals surface area contributed by atoms with Gasteiger partial charge in [0.25, 0.3) is 0 Å². The summed E-state index contributed by atoms with van der Waals surface area (Å²) in [6, 6.07) is 9.25. The zero-order chi connectivity index (χ0) is 19.0. The standard InChI is InChI=1S/C13H12N4O6S3/c14-8-9-7-12(24-13(9)15)17-16-10-1-3-11(4-2-10)26(19,20)6-5-21-25-23-22-18/h1-4,7,18H,5-6,15H2. The number of rotatable bonds is 9. The van der Waals surface area contributed by atoms with E-state index in [4.69, 9.17) is 20.4 Å². The van der Waals surface area contributed by atoms with Crippen molar-refractivity contribution in [3.63, 3.8) is 0 Å². The third kappa shape index (κ3) is 5.75. The normalized spacial score (nSPS) is 11.7. The topological polar surface area (TPSA) is 157 Å². The fourth-order valence-corrected chi connectivity index (χ4v) is 3.79. The molecule has 138 valence electrons. The third-order valence-corrected chi connectivity index (χ3v) is 5.79. The van der Waals surface area contributed by atoms with E-state index in [-0.39, 0.29) is 17.3 Å². The Morgan fingerprint density at radius 1 is 1.31 bits per heavy atom.